The fraction of sp³-hybridized carbons (Fsp3) is 0.857. The number of ether oxygens (including phenoxy) is 1. The molecule has 1 N–H and O–H groups in total. The molecule has 0 bridgehead atoms. The van der Waals surface area contributed by atoms with Crippen molar-refractivity contribution in [3.63, 3.8) is 0 Å². The quantitative estimate of drug-likeness (QED) is 0.459. The molecular formula is C7H15NO. The summed E-state index contributed by atoms with van der Waals surface area (Å²) in [6.45, 7) is 6.57. The van der Waals surface area contributed by atoms with Gasteiger partial charge in [0.05, 0.1) is 6.61 Å². The first-order valence-electron chi connectivity index (χ1n) is 3.43. The van der Waals surface area contributed by atoms with Crippen LogP contribution in [0, 0.1) is 11.3 Å². The second kappa shape index (κ2) is 4.36. The zero-order chi connectivity index (χ0) is 7.28. The molecule has 0 fully saturated rings. The molecule has 0 aliphatic heterocycles. The Morgan fingerprint density at radius 2 is 2.11 bits per heavy atom. The smallest absolute Gasteiger partial charge is 0.183 e. The lowest BCUT2D eigenvalue weighted by Crippen LogP contribution is -2.12. The minimum Gasteiger partial charge on any atom is -0.481 e. The Kier molecular flexibility index (Phi) is 4.10. The number of hydrogen-bond acceptors (Lipinski definition) is 2. The highest BCUT2D eigenvalue weighted by atomic mass is 16.5. The molecule has 0 heterocycles. The van der Waals surface area contributed by atoms with Gasteiger partial charge in [-0.25, -0.2) is 0 Å². The zero-order valence-electron chi connectivity index (χ0n) is 6.40. The maximum Gasteiger partial charge on any atom is 0.183 e. The van der Waals surface area contributed by atoms with Gasteiger partial charge in [-0.1, -0.05) is 13.8 Å². The van der Waals surface area contributed by atoms with Crippen LogP contribution in [0.15, 0.2) is 0 Å². The van der Waals surface area contributed by atoms with Crippen molar-refractivity contribution < 1.29 is 4.74 Å². The van der Waals surface area contributed by atoms with Crippen LogP contribution in [0.2, 0.25) is 0 Å². The number of rotatable bonds is 3. The first-order valence-corrected chi connectivity index (χ1v) is 3.43. The van der Waals surface area contributed by atoms with E-state index in [9.17, 15) is 0 Å². The summed E-state index contributed by atoms with van der Waals surface area (Å²) in [5.41, 5.74) is 0. The third kappa shape index (κ3) is 3.12. The maximum absolute atomic E-state index is 7.27. The van der Waals surface area contributed by atoms with Gasteiger partial charge in [0.1, 0.15) is 0 Å². The zero-order valence-corrected chi connectivity index (χ0v) is 6.40. The topological polar surface area (TPSA) is 33.1 Å². The first-order chi connectivity index (χ1) is 4.22. The van der Waals surface area contributed by atoms with E-state index in [0.29, 0.717) is 12.5 Å². The van der Waals surface area contributed by atoms with E-state index in [1.807, 2.05) is 13.8 Å². The minimum atomic E-state index is 0.282. The van der Waals surface area contributed by atoms with Crippen molar-refractivity contribution in [3.05, 3.63) is 0 Å². The van der Waals surface area contributed by atoms with Crippen LogP contribution >= 0.6 is 0 Å². The normalized spacial score (nSPS) is 12.8. The minimum absolute atomic E-state index is 0.282. The van der Waals surface area contributed by atoms with Gasteiger partial charge in [0.15, 0.2) is 5.90 Å². The van der Waals surface area contributed by atoms with Crippen molar-refractivity contribution in [1.29, 1.82) is 5.41 Å². The van der Waals surface area contributed by atoms with Crippen LogP contribution in [-0.2, 0) is 4.74 Å². The Morgan fingerprint density at radius 1 is 1.56 bits per heavy atom. The van der Waals surface area contributed by atoms with Crippen LogP contribution in [-0.4, -0.2) is 12.5 Å². The molecule has 1 atom stereocenters. The molecule has 0 aliphatic carbocycles. The van der Waals surface area contributed by atoms with Crippen LogP contribution in [0.3, 0.4) is 0 Å². The third-order valence-electron chi connectivity index (χ3n) is 1.36. The standard InChI is InChI=1S/C7H15NO/c1-4-6(3)7(8)9-5-2/h6,8H,4-5H2,1-3H3. The molecule has 54 valence electrons. The average molecular weight is 129 g/mol. The van der Waals surface area contributed by atoms with E-state index >= 15 is 0 Å². The van der Waals surface area contributed by atoms with Crippen LogP contribution in [0.25, 0.3) is 0 Å². The molecular weight excluding hydrogens is 114 g/mol. The van der Waals surface area contributed by atoms with Gasteiger partial charge < -0.3 is 4.74 Å². The Balaban J connectivity index is 3.46. The highest BCUT2D eigenvalue weighted by Crippen LogP contribution is 2.02. The van der Waals surface area contributed by atoms with Gasteiger partial charge in [-0.15, -0.1) is 0 Å². The predicted octanol–water partition coefficient (Wildman–Crippen LogP) is 2.05. The second-order valence-electron chi connectivity index (χ2n) is 2.11. The van der Waals surface area contributed by atoms with Gasteiger partial charge in [0, 0.05) is 5.92 Å². The highest BCUT2D eigenvalue weighted by molar-refractivity contribution is 5.74. The van der Waals surface area contributed by atoms with Gasteiger partial charge in [-0.2, -0.15) is 0 Å². The highest BCUT2D eigenvalue weighted by Gasteiger charge is 2.04. The van der Waals surface area contributed by atoms with E-state index in [1.54, 1.807) is 0 Å². The van der Waals surface area contributed by atoms with E-state index in [4.69, 9.17) is 10.1 Å². The Hall–Kier alpha value is -0.530. The van der Waals surface area contributed by atoms with Crippen molar-refractivity contribution >= 4 is 5.90 Å². The van der Waals surface area contributed by atoms with E-state index in [2.05, 4.69) is 6.92 Å². The fourth-order valence-electron chi connectivity index (χ4n) is 0.483. The molecule has 0 spiro atoms. The largest absolute Gasteiger partial charge is 0.481 e. The molecule has 0 aliphatic rings. The summed E-state index contributed by atoms with van der Waals surface area (Å²) in [6, 6.07) is 0. The van der Waals surface area contributed by atoms with E-state index in [0.717, 1.165) is 6.42 Å². The lowest BCUT2D eigenvalue weighted by atomic mass is 10.1. The molecule has 2 heteroatoms. The van der Waals surface area contributed by atoms with Gasteiger partial charge in [0.2, 0.25) is 0 Å². The lowest BCUT2D eigenvalue weighted by Gasteiger charge is -2.09. The monoisotopic (exact) mass is 129 g/mol. The summed E-state index contributed by atoms with van der Waals surface area (Å²) in [7, 11) is 0. The van der Waals surface area contributed by atoms with Crippen molar-refractivity contribution in [2.24, 2.45) is 5.92 Å². The van der Waals surface area contributed by atoms with Crippen LogP contribution in [0.1, 0.15) is 27.2 Å². The Morgan fingerprint density at radius 3 is 2.44 bits per heavy atom. The summed E-state index contributed by atoms with van der Waals surface area (Å²) in [6.07, 6.45) is 0.985. The summed E-state index contributed by atoms with van der Waals surface area (Å²) >= 11 is 0. The Labute approximate surface area is 56.7 Å². The Bertz CT molecular complexity index is 90.9. The molecule has 0 aromatic heterocycles. The molecule has 0 amide bonds. The lowest BCUT2D eigenvalue weighted by molar-refractivity contribution is 0.298. The van der Waals surface area contributed by atoms with Gasteiger partial charge >= 0.3 is 0 Å². The predicted molar refractivity (Wildman–Crippen MR) is 38.8 cm³/mol. The number of nitrogens with one attached hydrogen (secondary N) is 1. The molecule has 0 radical (unpaired) electrons. The first kappa shape index (κ1) is 8.47. The van der Waals surface area contributed by atoms with Gasteiger partial charge in [-0.05, 0) is 13.3 Å². The number of hydrogen-bond donors (Lipinski definition) is 1. The maximum atomic E-state index is 7.27. The van der Waals surface area contributed by atoms with E-state index < -0.39 is 0 Å². The van der Waals surface area contributed by atoms with Crippen molar-refractivity contribution in [2.75, 3.05) is 6.61 Å². The van der Waals surface area contributed by atoms with E-state index in [1.165, 1.54) is 0 Å². The molecule has 0 saturated carbocycles. The summed E-state index contributed by atoms with van der Waals surface area (Å²) in [4.78, 5) is 0. The summed E-state index contributed by atoms with van der Waals surface area (Å²) in [5, 5.41) is 7.27. The summed E-state index contributed by atoms with van der Waals surface area (Å²) in [5.74, 6) is 0.699. The van der Waals surface area contributed by atoms with Gasteiger partial charge in [-0.3, -0.25) is 5.41 Å². The molecule has 2 nitrogen and oxygen atoms in total. The molecule has 0 aromatic rings. The third-order valence-corrected chi connectivity index (χ3v) is 1.36. The SMILES string of the molecule is CCOC(=N)C(C)CC. The van der Waals surface area contributed by atoms with E-state index in [-0.39, 0.29) is 5.92 Å². The molecule has 1 unspecified atom stereocenters. The molecule has 0 rings (SSSR count). The van der Waals surface area contributed by atoms with Crippen LogP contribution < -0.4 is 0 Å². The van der Waals surface area contributed by atoms with Gasteiger partial charge in [0.25, 0.3) is 0 Å². The molecule has 0 saturated heterocycles. The van der Waals surface area contributed by atoms with Crippen molar-refractivity contribution in [3.8, 4) is 0 Å². The molecule has 9 heavy (non-hydrogen) atoms. The fourth-order valence-corrected chi connectivity index (χ4v) is 0.483. The average Bonchev–Trinajstić information content (AvgIpc) is 1.87. The van der Waals surface area contributed by atoms with Crippen molar-refractivity contribution in [2.45, 2.75) is 27.2 Å². The second-order valence-corrected chi connectivity index (χ2v) is 2.11. The molecule has 0 aromatic carbocycles. The van der Waals surface area contributed by atoms with Crippen LogP contribution in [0.4, 0.5) is 0 Å². The van der Waals surface area contributed by atoms with Crippen molar-refractivity contribution in [1.82, 2.24) is 0 Å². The summed E-state index contributed by atoms with van der Waals surface area (Å²) < 4.78 is 4.98. The van der Waals surface area contributed by atoms with Crippen LogP contribution in [0.5, 0.6) is 0 Å².